The highest BCUT2D eigenvalue weighted by Crippen LogP contribution is 2.14. The Bertz CT molecular complexity index is 707. The molecule has 0 aromatic heterocycles. The molecule has 4 heteroatoms. The lowest BCUT2D eigenvalue weighted by Gasteiger charge is -2.04. The highest BCUT2D eigenvalue weighted by molar-refractivity contribution is 5.90. The maximum absolute atomic E-state index is 12.5. The van der Waals surface area contributed by atoms with Crippen molar-refractivity contribution in [2.75, 3.05) is 0 Å². The number of hydrogen-bond acceptors (Lipinski definition) is 3. The van der Waals surface area contributed by atoms with Crippen LogP contribution in [-0.2, 0) is 4.74 Å². The van der Waals surface area contributed by atoms with Crippen LogP contribution in [0.4, 0.5) is 4.39 Å². The molecule has 1 rings (SSSR count). The van der Waals surface area contributed by atoms with E-state index in [0.717, 1.165) is 0 Å². The van der Waals surface area contributed by atoms with E-state index >= 15 is 0 Å². The Morgan fingerprint density at radius 2 is 1.44 bits per heavy atom. The first kappa shape index (κ1) is 21.9. The lowest BCUT2D eigenvalue weighted by molar-refractivity contribution is 0.0638. The molecule has 1 aromatic carbocycles. The zero-order chi connectivity index (χ0) is 19.4. The second kappa shape index (κ2) is 11.4. The van der Waals surface area contributed by atoms with E-state index in [9.17, 15) is 9.18 Å². The second-order valence-corrected chi connectivity index (χ2v) is 4.57. The molecule has 0 saturated heterocycles. The molecule has 0 fully saturated rings. The molecule has 0 aliphatic carbocycles. The highest BCUT2D eigenvalue weighted by atomic mass is 19.1. The lowest BCUT2D eigenvalue weighted by atomic mass is 10.1. The molecule has 0 bridgehead atoms. The maximum Gasteiger partial charge on any atom is 0.343 e. The maximum atomic E-state index is 12.5. The Labute approximate surface area is 148 Å². The smallest absolute Gasteiger partial charge is 0.343 e. The van der Waals surface area contributed by atoms with Crippen LogP contribution >= 0.6 is 0 Å². The van der Waals surface area contributed by atoms with Crippen molar-refractivity contribution in [3.8, 4) is 5.75 Å². The predicted octanol–water partition coefficient (Wildman–Crippen LogP) is 5.80. The summed E-state index contributed by atoms with van der Waals surface area (Å²) in [6.45, 7) is 18.2. The number of esters is 1. The number of carbonyl (C=O) groups excluding carboxylic acids is 1. The summed E-state index contributed by atoms with van der Waals surface area (Å²) < 4.78 is 17.6. The summed E-state index contributed by atoms with van der Waals surface area (Å²) in [6, 6.07) is 5.63. The van der Waals surface area contributed by atoms with Gasteiger partial charge in [0.25, 0.3) is 0 Å². The fourth-order valence-corrected chi connectivity index (χ4v) is 1.41. The average molecular weight is 342 g/mol. The Morgan fingerprint density at radius 3 is 1.92 bits per heavy atom. The van der Waals surface area contributed by atoms with E-state index in [1.807, 2.05) is 13.8 Å². The van der Waals surface area contributed by atoms with Gasteiger partial charge in [0.1, 0.15) is 17.3 Å². The van der Waals surface area contributed by atoms with Crippen molar-refractivity contribution in [2.45, 2.75) is 13.8 Å². The van der Waals surface area contributed by atoms with Gasteiger partial charge in [0.2, 0.25) is 0 Å². The molecule has 132 valence electrons. The van der Waals surface area contributed by atoms with Crippen molar-refractivity contribution in [1.82, 2.24) is 0 Å². The molecule has 1 N–H and O–H groups in total. The summed E-state index contributed by atoms with van der Waals surface area (Å²) in [5.74, 6) is -1.03. The van der Waals surface area contributed by atoms with E-state index < -0.39 is 11.8 Å². The summed E-state index contributed by atoms with van der Waals surface area (Å²) in [7, 11) is 0. The van der Waals surface area contributed by atoms with Crippen molar-refractivity contribution in [3.05, 3.63) is 103 Å². The van der Waals surface area contributed by atoms with Gasteiger partial charge in [-0.15, -0.1) is 0 Å². The summed E-state index contributed by atoms with van der Waals surface area (Å²) in [5.41, 5.74) is 1.27. The van der Waals surface area contributed by atoms with Crippen LogP contribution in [0, 0.1) is 0 Å². The topological polar surface area (TPSA) is 46.5 Å². The lowest BCUT2D eigenvalue weighted by Crippen LogP contribution is -2.03. The third-order valence-electron chi connectivity index (χ3n) is 2.68. The minimum absolute atomic E-state index is 0.0547. The minimum Gasteiger partial charge on any atom is -0.508 e. The average Bonchev–Trinajstić information content (AvgIpc) is 2.59. The Hall–Kier alpha value is -3.14. The molecule has 0 atom stereocenters. The zero-order valence-corrected chi connectivity index (χ0v) is 14.6. The molecular formula is C21H23FO3. The minimum atomic E-state index is -0.599. The first-order valence-corrected chi connectivity index (χ1v) is 7.58. The van der Waals surface area contributed by atoms with Gasteiger partial charge >= 0.3 is 5.97 Å². The first-order chi connectivity index (χ1) is 11.8. The van der Waals surface area contributed by atoms with E-state index in [0.29, 0.717) is 11.1 Å². The molecule has 0 aliphatic heterocycles. The van der Waals surface area contributed by atoms with Gasteiger partial charge in [-0.2, -0.15) is 0 Å². The summed E-state index contributed by atoms with van der Waals surface area (Å²) in [4.78, 5) is 11.8. The third kappa shape index (κ3) is 8.91. The molecular weight excluding hydrogens is 319 g/mol. The number of phenols is 1. The van der Waals surface area contributed by atoms with Crippen molar-refractivity contribution in [2.24, 2.45) is 0 Å². The normalized spacial score (nSPS) is 10.0. The number of hydrogen-bond donors (Lipinski definition) is 1. The van der Waals surface area contributed by atoms with Crippen LogP contribution in [-0.4, -0.2) is 11.1 Å². The van der Waals surface area contributed by atoms with Crippen LogP contribution in [0.15, 0.2) is 97.6 Å². The van der Waals surface area contributed by atoms with Crippen LogP contribution in [0.3, 0.4) is 0 Å². The molecule has 0 aliphatic rings. The molecule has 0 spiro atoms. The Balaban J connectivity index is 0.00000277. The van der Waals surface area contributed by atoms with Gasteiger partial charge in [-0.1, -0.05) is 52.3 Å². The quantitative estimate of drug-likeness (QED) is 0.387. The molecule has 0 unspecified atom stereocenters. The van der Waals surface area contributed by atoms with Crippen LogP contribution < -0.4 is 0 Å². The number of allylic oxidation sites excluding steroid dienone is 7. The van der Waals surface area contributed by atoms with Crippen molar-refractivity contribution >= 4 is 5.97 Å². The van der Waals surface area contributed by atoms with Crippen LogP contribution in [0.25, 0.3) is 0 Å². The first-order valence-electron chi connectivity index (χ1n) is 7.58. The fraction of sp³-hybridized carbons (Fsp3) is 0.0952. The molecule has 0 saturated carbocycles. The van der Waals surface area contributed by atoms with Gasteiger partial charge in [-0.3, -0.25) is 0 Å². The van der Waals surface area contributed by atoms with Crippen LogP contribution in [0.2, 0.25) is 0 Å². The van der Waals surface area contributed by atoms with Crippen molar-refractivity contribution < 1.29 is 19.0 Å². The number of rotatable bonds is 7. The van der Waals surface area contributed by atoms with Gasteiger partial charge < -0.3 is 9.84 Å². The van der Waals surface area contributed by atoms with Crippen molar-refractivity contribution in [1.29, 1.82) is 0 Å². The molecule has 0 heterocycles. The fourth-order valence-electron chi connectivity index (χ4n) is 1.41. The molecule has 0 amide bonds. The van der Waals surface area contributed by atoms with Gasteiger partial charge in [0, 0.05) is 0 Å². The molecule has 1 aromatic rings. The van der Waals surface area contributed by atoms with Gasteiger partial charge in [-0.05, 0) is 47.6 Å². The number of halogens is 1. The number of carbonyl (C=O) groups is 1. The number of ether oxygens (including phenoxy) is 1. The van der Waals surface area contributed by atoms with E-state index in [2.05, 4.69) is 26.3 Å². The Kier molecular flexibility index (Phi) is 9.97. The van der Waals surface area contributed by atoms with Crippen LogP contribution in [0.5, 0.6) is 5.75 Å². The standard InChI is InChI=1S/C19H17FO3.C2H6/c1-13(5-7-15(3)20)14(2)6-8-16(4)23-19(22)17-9-11-18(21)12-10-17;1-2/h5-12,21H,1-4H2;1-2H3/b7-5-,8-6-;. The second-order valence-electron chi connectivity index (χ2n) is 4.57. The predicted molar refractivity (Wildman–Crippen MR) is 101 cm³/mol. The van der Waals surface area contributed by atoms with E-state index in [1.54, 1.807) is 6.08 Å². The SMILES string of the molecule is C=C(F)/C=C\C(=C)C(=C)/C=C\C(=C)OC(=O)c1ccc(O)cc1.CC. The molecule has 3 nitrogen and oxygen atoms in total. The zero-order valence-electron chi connectivity index (χ0n) is 14.6. The van der Waals surface area contributed by atoms with Gasteiger partial charge in [0.05, 0.1) is 5.56 Å². The van der Waals surface area contributed by atoms with Crippen LogP contribution in [0.1, 0.15) is 24.2 Å². The van der Waals surface area contributed by atoms with Crippen molar-refractivity contribution in [3.63, 3.8) is 0 Å². The summed E-state index contributed by atoms with van der Waals surface area (Å²) >= 11 is 0. The van der Waals surface area contributed by atoms with E-state index in [4.69, 9.17) is 9.84 Å². The molecule has 0 radical (unpaired) electrons. The largest absolute Gasteiger partial charge is 0.508 e. The highest BCUT2D eigenvalue weighted by Gasteiger charge is 2.07. The monoisotopic (exact) mass is 342 g/mol. The molecule has 25 heavy (non-hydrogen) atoms. The summed E-state index contributed by atoms with van der Waals surface area (Å²) in [6.07, 6.45) is 5.59. The van der Waals surface area contributed by atoms with E-state index in [1.165, 1.54) is 42.5 Å². The number of phenolic OH excluding ortho intramolecular Hbond substituents is 1. The Morgan fingerprint density at radius 1 is 0.960 bits per heavy atom. The van der Waals surface area contributed by atoms with E-state index in [-0.39, 0.29) is 17.1 Å². The number of benzene rings is 1. The van der Waals surface area contributed by atoms with Gasteiger partial charge in [0.15, 0.2) is 0 Å². The van der Waals surface area contributed by atoms with Gasteiger partial charge in [-0.25, -0.2) is 9.18 Å². The third-order valence-corrected chi connectivity index (χ3v) is 2.68. The summed E-state index contributed by atoms with van der Waals surface area (Å²) in [5, 5.41) is 9.16. The number of aromatic hydroxyl groups is 1.